The predicted molar refractivity (Wildman–Crippen MR) is 69.0 cm³/mol. The molecule has 4 heteroatoms. The number of nitrogens with zero attached hydrogens (tertiary/aromatic N) is 1. The largest absolute Gasteiger partial charge is 0.381 e. The average molecular weight is 245 g/mol. The molecule has 0 bridgehead atoms. The van der Waals surface area contributed by atoms with Crippen LogP contribution in [-0.2, 0) is 14.3 Å². The van der Waals surface area contributed by atoms with Crippen LogP contribution in [0.5, 0.6) is 0 Å². The van der Waals surface area contributed by atoms with E-state index in [1.165, 1.54) is 0 Å². The number of carbonyl (C=O) groups excluding carboxylic acids is 1. The summed E-state index contributed by atoms with van der Waals surface area (Å²) in [5.41, 5.74) is 0. The van der Waals surface area contributed by atoms with Crippen LogP contribution < -0.4 is 0 Å². The van der Waals surface area contributed by atoms with E-state index in [2.05, 4.69) is 0 Å². The van der Waals surface area contributed by atoms with E-state index in [-0.39, 0.29) is 18.6 Å². The van der Waals surface area contributed by atoms with E-state index in [1.807, 2.05) is 32.6 Å². The molecule has 2 saturated heterocycles. The number of piperidine rings is 1. The number of rotatable bonds is 1. The molecule has 0 aliphatic carbocycles. The third kappa shape index (κ3) is 4.64. The molecule has 0 N–H and O–H groups in total. The number of carbonyl (C=O) groups is 1. The summed E-state index contributed by atoms with van der Waals surface area (Å²) in [6, 6.07) is 0.250. The lowest BCUT2D eigenvalue weighted by molar-refractivity contribution is -0.153. The third-order valence-electron chi connectivity index (χ3n) is 2.86. The van der Waals surface area contributed by atoms with Gasteiger partial charge in [0.15, 0.2) is 0 Å². The molecule has 0 spiro atoms. The maximum absolute atomic E-state index is 11.4. The highest BCUT2D eigenvalue weighted by atomic mass is 16.5. The minimum atomic E-state index is 0.130. The molecule has 0 radical (unpaired) electrons. The molecule has 2 atom stereocenters. The molecule has 2 unspecified atom stereocenters. The fourth-order valence-electron chi connectivity index (χ4n) is 2.08. The number of morpholine rings is 1. The Bertz CT molecular complexity index is 209. The van der Waals surface area contributed by atoms with Crippen LogP contribution in [0.4, 0.5) is 0 Å². The standard InChI is InChI=1S/C9H15NO3.2C2H6/c1-12-8-2-3-10-7(4-8)5-13-6-9(10)11;2*1-2/h7-8H,2-6H2,1H3;2*1-2H3. The van der Waals surface area contributed by atoms with E-state index in [0.29, 0.717) is 12.7 Å². The molecule has 0 aromatic carbocycles. The van der Waals surface area contributed by atoms with Crippen LogP contribution in [-0.4, -0.2) is 49.8 Å². The number of ether oxygens (including phenoxy) is 2. The molecule has 2 fully saturated rings. The minimum absolute atomic E-state index is 0.130. The van der Waals surface area contributed by atoms with Crippen molar-refractivity contribution in [1.82, 2.24) is 4.90 Å². The highest BCUT2D eigenvalue weighted by molar-refractivity contribution is 5.78. The molecule has 2 aliphatic heterocycles. The summed E-state index contributed by atoms with van der Waals surface area (Å²) in [4.78, 5) is 13.3. The Hall–Kier alpha value is -0.610. The fraction of sp³-hybridized carbons (Fsp3) is 0.923. The summed E-state index contributed by atoms with van der Waals surface area (Å²) in [6.07, 6.45) is 2.18. The first-order valence-electron chi connectivity index (χ1n) is 6.71. The molecule has 2 aliphatic rings. The van der Waals surface area contributed by atoms with Gasteiger partial charge in [-0.05, 0) is 12.8 Å². The lowest BCUT2D eigenvalue weighted by Gasteiger charge is -2.41. The van der Waals surface area contributed by atoms with Gasteiger partial charge in [0.2, 0.25) is 5.91 Å². The van der Waals surface area contributed by atoms with E-state index in [9.17, 15) is 4.79 Å². The zero-order valence-corrected chi connectivity index (χ0v) is 11.9. The van der Waals surface area contributed by atoms with Crippen LogP contribution in [0, 0.1) is 0 Å². The molecular formula is C13H27NO3. The second-order valence-electron chi connectivity index (χ2n) is 3.64. The molecule has 102 valence electrons. The first-order chi connectivity index (χ1) is 8.31. The first kappa shape index (κ1) is 16.4. The summed E-state index contributed by atoms with van der Waals surface area (Å²) < 4.78 is 10.5. The van der Waals surface area contributed by atoms with Gasteiger partial charge in [-0.1, -0.05) is 27.7 Å². The normalized spacial score (nSPS) is 27.1. The quantitative estimate of drug-likeness (QED) is 0.710. The summed E-state index contributed by atoms with van der Waals surface area (Å²) in [6.45, 7) is 9.76. The van der Waals surface area contributed by atoms with Crippen molar-refractivity contribution in [3.05, 3.63) is 0 Å². The maximum atomic E-state index is 11.4. The van der Waals surface area contributed by atoms with Crippen molar-refractivity contribution in [1.29, 1.82) is 0 Å². The smallest absolute Gasteiger partial charge is 0.248 e. The van der Waals surface area contributed by atoms with Crippen molar-refractivity contribution in [2.75, 3.05) is 26.9 Å². The Morgan fingerprint density at radius 1 is 1.29 bits per heavy atom. The average Bonchev–Trinajstić information content (AvgIpc) is 2.43. The molecule has 2 heterocycles. The van der Waals surface area contributed by atoms with Crippen LogP contribution in [0.25, 0.3) is 0 Å². The highest BCUT2D eigenvalue weighted by Gasteiger charge is 2.34. The third-order valence-corrected chi connectivity index (χ3v) is 2.86. The molecule has 0 aromatic heterocycles. The Morgan fingerprint density at radius 3 is 2.53 bits per heavy atom. The van der Waals surface area contributed by atoms with Gasteiger partial charge in [-0.3, -0.25) is 4.79 Å². The number of methoxy groups -OCH3 is 1. The van der Waals surface area contributed by atoms with Gasteiger partial charge in [-0.15, -0.1) is 0 Å². The summed E-state index contributed by atoms with van der Waals surface area (Å²) in [5, 5.41) is 0. The van der Waals surface area contributed by atoms with E-state index in [1.54, 1.807) is 7.11 Å². The van der Waals surface area contributed by atoms with Gasteiger partial charge in [-0.25, -0.2) is 0 Å². The number of amides is 1. The number of hydrogen-bond acceptors (Lipinski definition) is 3. The molecule has 0 aromatic rings. The SMILES string of the molecule is CC.CC.COC1CCN2C(=O)COCC2C1. The lowest BCUT2D eigenvalue weighted by atomic mass is 9.99. The first-order valence-corrected chi connectivity index (χ1v) is 6.71. The van der Waals surface area contributed by atoms with E-state index < -0.39 is 0 Å². The Balaban J connectivity index is 0.000000581. The second kappa shape index (κ2) is 9.42. The topological polar surface area (TPSA) is 38.8 Å². The van der Waals surface area contributed by atoms with Crippen LogP contribution in [0.3, 0.4) is 0 Å². The molecule has 4 nitrogen and oxygen atoms in total. The zero-order chi connectivity index (χ0) is 13.3. The van der Waals surface area contributed by atoms with E-state index >= 15 is 0 Å². The van der Waals surface area contributed by atoms with Gasteiger partial charge in [-0.2, -0.15) is 0 Å². The predicted octanol–water partition coefficient (Wildman–Crippen LogP) is 2.08. The fourth-order valence-corrected chi connectivity index (χ4v) is 2.08. The van der Waals surface area contributed by atoms with Gasteiger partial charge in [0, 0.05) is 13.7 Å². The maximum Gasteiger partial charge on any atom is 0.248 e. The van der Waals surface area contributed by atoms with Crippen LogP contribution in [0.1, 0.15) is 40.5 Å². The molecule has 17 heavy (non-hydrogen) atoms. The lowest BCUT2D eigenvalue weighted by Crippen LogP contribution is -2.54. The zero-order valence-electron chi connectivity index (χ0n) is 11.9. The van der Waals surface area contributed by atoms with Crippen LogP contribution in [0.2, 0.25) is 0 Å². The monoisotopic (exact) mass is 245 g/mol. The van der Waals surface area contributed by atoms with Crippen LogP contribution in [0.15, 0.2) is 0 Å². The summed E-state index contributed by atoms with van der Waals surface area (Å²) in [7, 11) is 1.73. The van der Waals surface area contributed by atoms with Gasteiger partial charge in [0.05, 0.1) is 18.8 Å². The minimum Gasteiger partial charge on any atom is -0.381 e. The Labute approximate surface area is 105 Å². The van der Waals surface area contributed by atoms with Gasteiger partial charge < -0.3 is 14.4 Å². The molecular weight excluding hydrogens is 218 g/mol. The summed E-state index contributed by atoms with van der Waals surface area (Å²) in [5.74, 6) is 0.130. The van der Waals surface area contributed by atoms with Gasteiger partial charge in [0.1, 0.15) is 6.61 Å². The van der Waals surface area contributed by atoms with Crippen molar-refractivity contribution in [3.8, 4) is 0 Å². The van der Waals surface area contributed by atoms with E-state index in [4.69, 9.17) is 9.47 Å². The highest BCUT2D eigenvalue weighted by Crippen LogP contribution is 2.22. The molecule has 0 saturated carbocycles. The summed E-state index contributed by atoms with van der Waals surface area (Å²) >= 11 is 0. The Morgan fingerprint density at radius 2 is 1.94 bits per heavy atom. The molecule has 1 amide bonds. The van der Waals surface area contributed by atoms with E-state index in [0.717, 1.165) is 19.4 Å². The second-order valence-corrected chi connectivity index (χ2v) is 3.64. The van der Waals surface area contributed by atoms with Crippen LogP contribution >= 0.6 is 0 Å². The molecule has 2 rings (SSSR count). The van der Waals surface area contributed by atoms with Gasteiger partial charge >= 0.3 is 0 Å². The van der Waals surface area contributed by atoms with Crippen molar-refractivity contribution in [2.45, 2.75) is 52.7 Å². The number of hydrogen-bond donors (Lipinski definition) is 0. The van der Waals surface area contributed by atoms with Gasteiger partial charge in [0.25, 0.3) is 0 Å². The van der Waals surface area contributed by atoms with Crippen molar-refractivity contribution >= 4 is 5.91 Å². The van der Waals surface area contributed by atoms with Crippen molar-refractivity contribution in [2.24, 2.45) is 0 Å². The number of fused-ring (bicyclic) bond motifs is 1. The Kier molecular flexibility index (Phi) is 9.09. The van der Waals surface area contributed by atoms with Crippen molar-refractivity contribution in [3.63, 3.8) is 0 Å². The van der Waals surface area contributed by atoms with Crippen molar-refractivity contribution < 1.29 is 14.3 Å².